The third-order valence-electron chi connectivity index (χ3n) is 5.21. The maximum atomic E-state index is 13.2. The van der Waals surface area contributed by atoms with Gasteiger partial charge in [0.1, 0.15) is 19.3 Å². The summed E-state index contributed by atoms with van der Waals surface area (Å²) in [6, 6.07) is 4.03. The van der Waals surface area contributed by atoms with Crippen LogP contribution in [0.15, 0.2) is 23.1 Å². The highest BCUT2D eigenvalue weighted by molar-refractivity contribution is 7.89. The molecule has 0 spiro atoms. The highest BCUT2D eigenvalue weighted by Gasteiger charge is 2.41. The van der Waals surface area contributed by atoms with Crippen LogP contribution >= 0.6 is 0 Å². The van der Waals surface area contributed by atoms with E-state index >= 15 is 0 Å². The van der Waals surface area contributed by atoms with E-state index in [-0.39, 0.29) is 10.8 Å². The number of benzene rings is 1. The lowest BCUT2D eigenvalue weighted by molar-refractivity contribution is -0.133. The smallest absolute Gasteiger partial charge is 0.243 e. The van der Waals surface area contributed by atoms with Crippen molar-refractivity contribution in [1.82, 2.24) is 9.21 Å². The van der Waals surface area contributed by atoms with Gasteiger partial charge in [-0.25, -0.2) is 8.42 Å². The van der Waals surface area contributed by atoms with Gasteiger partial charge in [-0.3, -0.25) is 4.79 Å². The molecule has 0 N–H and O–H groups in total. The van der Waals surface area contributed by atoms with Crippen molar-refractivity contribution < 1.29 is 22.7 Å². The molecule has 1 atom stereocenters. The molecule has 4 rings (SSSR count). The highest BCUT2D eigenvalue weighted by atomic mass is 32.2. The molecule has 1 aromatic rings. The van der Waals surface area contributed by atoms with Crippen LogP contribution in [0.2, 0.25) is 0 Å². The minimum absolute atomic E-state index is 0.101. The fraction of sp³-hybridized carbons (Fsp3) is 0.611. The molecule has 0 aromatic heterocycles. The zero-order valence-corrected chi connectivity index (χ0v) is 15.7. The quantitative estimate of drug-likeness (QED) is 0.773. The summed E-state index contributed by atoms with van der Waals surface area (Å²) in [6.07, 6.45) is 3.57. The lowest BCUT2D eigenvalue weighted by Crippen LogP contribution is -2.47. The van der Waals surface area contributed by atoms with Crippen LogP contribution in [0.25, 0.3) is 0 Å². The van der Waals surface area contributed by atoms with Crippen molar-refractivity contribution in [3.63, 3.8) is 0 Å². The summed E-state index contributed by atoms with van der Waals surface area (Å²) in [5.41, 5.74) is 0. The van der Waals surface area contributed by atoms with Crippen LogP contribution < -0.4 is 9.47 Å². The van der Waals surface area contributed by atoms with Crippen LogP contribution in [-0.4, -0.2) is 62.9 Å². The zero-order valence-electron chi connectivity index (χ0n) is 14.9. The van der Waals surface area contributed by atoms with Crippen molar-refractivity contribution in [2.45, 2.75) is 36.6 Å². The maximum Gasteiger partial charge on any atom is 0.243 e. The average molecular weight is 380 g/mol. The molecule has 1 aromatic carbocycles. The summed E-state index contributed by atoms with van der Waals surface area (Å²) in [5, 5.41) is 0. The van der Waals surface area contributed by atoms with Gasteiger partial charge in [0.25, 0.3) is 0 Å². The summed E-state index contributed by atoms with van der Waals surface area (Å²) in [4.78, 5) is 14.6. The predicted octanol–water partition coefficient (Wildman–Crippen LogP) is 1.48. The lowest BCUT2D eigenvalue weighted by atomic mass is 10.2. The van der Waals surface area contributed by atoms with E-state index < -0.39 is 16.1 Å². The van der Waals surface area contributed by atoms with Crippen molar-refractivity contribution in [2.24, 2.45) is 5.92 Å². The molecule has 1 saturated heterocycles. The van der Waals surface area contributed by atoms with Crippen LogP contribution in [0.1, 0.15) is 25.7 Å². The molecule has 0 radical (unpaired) electrons. The first-order valence-electron chi connectivity index (χ1n) is 9.13. The Balaban J connectivity index is 1.56. The lowest BCUT2D eigenvalue weighted by Gasteiger charge is -2.28. The Hall–Kier alpha value is -1.80. The second-order valence-corrected chi connectivity index (χ2v) is 9.13. The van der Waals surface area contributed by atoms with Crippen molar-refractivity contribution in [2.75, 3.05) is 33.4 Å². The molecule has 1 unspecified atom stereocenters. The average Bonchev–Trinajstić information content (AvgIpc) is 3.31. The molecule has 0 bridgehead atoms. The molecule has 1 aliphatic carbocycles. The van der Waals surface area contributed by atoms with Gasteiger partial charge in [0.15, 0.2) is 11.5 Å². The molecule has 26 heavy (non-hydrogen) atoms. The molecule has 8 heteroatoms. The molecule has 1 amide bonds. The number of hydrogen-bond donors (Lipinski definition) is 0. The normalized spacial score (nSPS) is 23.0. The van der Waals surface area contributed by atoms with Gasteiger partial charge in [-0.1, -0.05) is 0 Å². The van der Waals surface area contributed by atoms with E-state index in [1.165, 1.54) is 16.4 Å². The van der Waals surface area contributed by atoms with E-state index in [0.717, 1.165) is 12.8 Å². The predicted molar refractivity (Wildman–Crippen MR) is 94.7 cm³/mol. The third kappa shape index (κ3) is 3.27. The first-order chi connectivity index (χ1) is 12.5. The summed E-state index contributed by atoms with van der Waals surface area (Å²) in [5.74, 6) is 1.46. The number of sulfonamides is 1. The largest absolute Gasteiger partial charge is 0.486 e. The number of fused-ring (bicyclic) bond motifs is 1. The highest BCUT2D eigenvalue weighted by Crippen LogP contribution is 2.35. The van der Waals surface area contributed by atoms with E-state index in [4.69, 9.17) is 9.47 Å². The first kappa shape index (κ1) is 17.6. The van der Waals surface area contributed by atoms with Crippen molar-refractivity contribution in [3.8, 4) is 11.5 Å². The Kier molecular flexibility index (Phi) is 4.56. The van der Waals surface area contributed by atoms with Gasteiger partial charge >= 0.3 is 0 Å². The Morgan fingerprint density at radius 3 is 2.65 bits per heavy atom. The molecular formula is C18H24N2O5S. The van der Waals surface area contributed by atoms with Crippen LogP contribution in [0, 0.1) is 5.92 Å². The second kappa shape index (κ2) is 6.74. The minimum atomic E-state index is -3.76. The second-order valence-electron chi connectivity index (χ2n) is 7.24. The Bertz CT molecular complexity index is 806. The summed E-state index contributed by atoms with van der Waals surface area (Å²) >= 11 is 0. The van der Waals surface area contributed by atoms with E-state index in [1.807, 2.05) is 0 Å². The van der Waals surface area contributed by atoms with Crippen molar-refractivity contribution in [1.29, 1.82) is 0 Å². The molecule has 142 valence electrons. The van der Waals surface area contributed by atoms with Gasteiger partial charge < -0.3 is 14.4 Å². The van der Waals surface area contributed by atoms with Gasteiger partial charge in [-0.2, -0.15) is 4.31 Å². The van der Waals surface area contributed by atoms with Crippen LogP contribution in [0.5, 0.6) is 11.5 Å². The number of carbonyl (C=O) groups is 1. The number of amides is 1. The fourth-order valence-corrected chi connectivity index (χ4v) is 5.29. The first-order valence-corrected chi connectivity index (χ1v) is 10.6. The molecule has 2 heterocycles. The maximum absolute atomic E-state index is 13.2. The summed E-state index contributed by atoms with van der Waals surface area (Å²) < 4.78 is 38.6. The zero-order chi connectivity index (χ0) is 18.3. The van der Waals surface area contributed by atoms with Gasteiger partial charge in [-0.05, 0) is 43.7 Å². The van der Waals surface area contributed by atoms with Crippen LogP contribution in [0.3, 0.4) is 0 Å². The van der Waals surface area contributed by atoms with Crippen molar-refractivity contribution in [3.05, 3.63) is 18.2 Å². The fourth-order valence-electron chi connectivity index (χ4n) is 3.63. The number of carbonyl (C=O) groups excluding carboxylic acids is 1. The standard InChI is InChI=1S/C18H24N2O5S/c1-19(12-13-4-5-13)18(21)15-3-2-8-20(15)26(22,23)14-6-7-16-17(11-14)25-10-9-24-16/h6-7,11,13,15H,2-5,8-10,12H2,1H3. The van der Waals surface area contributed by atoms with E-state index in [9.17, 15) is 13.2 Å². The van der Waals surface area contributed by atoms with Gasteiger partial charge in [-0.15, -0.1) is 0 Å². The topological polar surface area (TPSA) is 76.2 Å². The van der Waals surface area contributed by atoms with Gasteiger partial charge in [0.2, 0.25) is 15.9 Å². The molecular weight excluding hydrogens is 356 g/mol. The van der Waals surface area contributed by atoms with Crippen LogP contribution in [-0.2, 0) is 14.8 Å². The Morgan fingerprint density at radius 2 is 1.92 bits per heavy atom. The number of nitrogens with zero attached hydrogens (tertiary/aromatic N) is 2. The molecule has 1 saturated carbocycles. The molecule has 7 nitrogen and oxygen atoms in total. The Morgan fingerprint density at radius 1 is 1.19 bits per heavy atom. The van der Waals surface area contributed by atoms with E-state index in [0.29, 0.717) is 56.6 Å². The number of hydrogen-bond acceptors (Lipinski definition) is 5. The monoisotopic (exact) mass is 380 g/mol. The number of rotatable bonds is 5. The van der Waals surface area contributed by atoms with E-state index in [2.05, 4.69) is 0 Å². The van der Waals surface area contributed by atoms with Gasteiger partial charge in [0, 0.05) is 26.2 Å². The third-order valence-corrected chi connectivity index (χ3v) is 7.12. The van der Waals surface area contributed by atoms with Crippen molar-refractivity contribution >= 4 is 15.9 Å². The summed E-state index contributed by atoms with van der Waals surface area (Å²) in [6.45, 7) is 1.93. The number of likely N-dealkylation sites (N-methyl/N-ethyl adjacent to an activating group) is 1. The SMILES string of the molecule is CN(CC1CC1)C(=O)C1CCCN1S(=O)(=O)c1ccc2c(c1)OCCO2. The Labute approximate surface area is 153 Å². The number of ether oxygens (including phenoxy) is 2. The summed E-state index contributed by atoms with van der Waals surface area (Å²) in [7, 11) is -1.99. The molecule has 2 fully saturated rings. The van der Waals surface area contributed by atoms with Gasteiger partial charge in [0.05, 0.1) is 4.90 Å². The van der Waals surface area contributed by atoms with Crippen LogP contribution in [0.4, 0.5) is 0 Å². The molecule has 2 aliphatic heterocycles. The molecule has 3 aliphatic rings. The minimum Gasteiger partial charge on any atom is -0.486 e. The van der Waals surface area contributed by atoms with E-state index in [1.54, 1.807) is 18.0 Å².